The third kappa shape index (κ3) is 1.68. The molecule has 47 valence electrons. The molecule has 0 amide bonds. The lowest BCUT2D eigenvalue weighted by atomic mass is 10.5. The molecule has 0 fully saturated rings. The minimum atomic E-state index is 0.643. The smallest absolute Gasteiger partial charge is 0.148 e. The van der Waals surface area contributed by atoms with Crippen molar-refractivity contribution in [2.45, 2.75) is 0 Å². The van der Waals surface area contributed by atoms with Crippen LogP contribution in [0.3, 0.4) is 0 Å². The lowest BCUT2D eigenvalue weighted by molar-refractivity contribution is 0.411. The monoisotopic (exact) mass is 186 g/mol. The maximum absolute atomic E-state index is 4.85. The van der Waals surface area contributed by atoms with E-state index in [1.165, 1.54) is 0 Å². The number of hydrogen-bond acceptors (Lipinski definition) is 2. The molecule has 0 bridgehead atoms. The lowest BCUT2D eigenvalue weighted by Crippen LogP contribution is -1.83. The van der Waals surface area contributed by atoms with E-state index in [4.69, 9.17) is 4.74 Å². The standard InChI is InChI=1S/C6H5BrNO/c1-9-6-2-5(7)3-8-4-6/h2-3H,1H3. The molecule has 3 heteroatoms. The van der Waals surface area contributed by atoms with Crippen molar-refractivity contribution >= 4 is 15.9 Å². The minimum absolute atomic E-state index is 0.643. The van der Waals surface area contributed by atoms with Crippen molar-refractivity contribution in [2.24, 2.45) is 0 Å². The molecule has 1 heterocycles. The number of hydrogen-bond donors (Lipinski definition) is 0. The molecule has 0 atom stereocenters. The molecule has 1 aromatic heterocycles. The van der Waals surface area contributed by atoms with Crippen LogP contribution >= 0.6 is 15.9 Å². The Morgan fingerprint density at radius 2 is 2.56 bits per heavy atom. The first-order valence-corrected chi connectivity index (χ1v) is 3.19. The highest BCUT2D eigenvalue weighted by Gasteiger charge is 1.90. The Bertz CT molecular complexity index is 202. The molecule has 0 aliphatic rings. The number of methoxy groups -OCH3 is 1. The van der Waals surface area contributed by atoms with Crippen LogP contribution in [-0.4, -0.2) is 12.1 Å². The molecule has 0 saturated heterocycles. The molecule has 0 saturated carbocycles. The first-order chi connectivity index (χ1) is 4.33. The van der Waals surface area contributed by atoms with Gasteiger partial charge in [-0.05, 0) is 22.0 Å². The predicted molar refractivity (Wildman–Crippen MR) is 37.3 cm³/mol. The highest BCUT2D eigenvalue weighted by Crippen LogP contribution is 2.13. The van der Waals surface area contributed by atoms with E-state index in [9.17, 15) is 0 Å². The molecule has 9 heavy (non-hydrogen) atoms. The van der Waals surface area contributed by atoms with Gasteiger partial charge in [0.1, 0.15) is 11.9 Å². The summed E-state index contributed by atoms with van der Waals surface area (Å²) in [7, 11) is 1.58. The van der Waals surface area contributed by atoms with Gasteiger partial charge in [-0.2, -0.15) is 0 Å². The van der Waals surface area contributed by atoms with E-state index in [2.05, 4.69) is 27.1 Å². The zero-order valence-electron chi connectivity index (χ0n) is 4.89. The Hall–Kier alpha value is -0.570. The summed E-state index contributed by atoms with van der Waals surface area (Å²) in [6, 6.07) is 1.80. The fraction of sp³-hybridized carbons (Fsp3) is 0.167. The second-order valence-corrected chi connectivity index (χ2v) is 2.38. The second-order valence-electron chi connectivity index (χ2n) is 1.47. The van der Waals surface area contributed by atoms with Crippen molar-refractivity contribution < 1.29 is 4.74 Å². The average molecular weight is 187 g/mol. The largest absolute Gasteiger partial charge is 0.494 e. The molecule has 0 aliphatic heterocycles. The van der Waals surface area contributed by atoms with Gasteiger partial charge >= 0.3 is 0 Å². The van der Waals surface area contributed by atoms with Gasteiger partial charge in [0, 0.05) is 10.7 Å². The number of rotatable bonds is 1. The van der Waals surface area contributed by atoms with Crippen LogP contribution in [0.5, 0.6) is 5.75 Å². The van der Waals surface area contributed by atoms with Gasteiger partial charge < -0.3 is 4.74 Å². The first-order valence-electron chi connectivity index (χ1n) is 2.40. The molecule has 0 aliphatic carbocycles. The summed E-state index contributed by atoms with van der Waals surface area (Å²) in [5, 5.41) is 0. The number of aromatic nitrogens is 1. The molecule has 0 unspecified atom stereocenters. The molecule has 1 radical (unpaired) electrons. The van der Waals surface area contributed by atoms with E-state index >= 15 is 0 Å². The maximum atomic E-state index is 4.85. The van der Waals surface area contributed by atoms with Crippen molar-refractivity contribution in [3.8, 4) is 5.75 Å². The topological polar surface area (TPSA) is 22.1 Å². The van der Waals surface area contributed by atoms with Crippen LogP contribution < -0.4 is 4.74 Å². The molecule has 1 aromatic rings. The van der Waals surface area contributed by atoms with Crippen LogP contribution in [0.1, 0.15) is 0 Å². The summed E-state index contributed by atoms with van der Waals surface area (Å²) in [6.45, 7) is 0. The average Bonchev–Trinajstić information content (AvgIpc) is 1.88. The Balaban J connectivity index is 2.94. The van der Waals surface area contributed by atoms with E-state index in [0.29, 0.717) is 5.75 Å². The Labute approximate surface area is 62.0 Å². The summed E-state index contributed by atoms with van der Waals surface area (Å²) in [5.41, 5.74) is 0. The highest BCUT2D eigenvalue weighted by molar-refractivity contribution is 9.10. The third-order valence-corrected chi connectivity index (χ3v) is 1.29. The van der Waals surface area contributed by atoms with Crippen molar-refractivity contribution in [2.75, 3.05) is 7.11 Å². The van der Waals surface area contributed by atoms with Gasteiger partial charge in [0.25, 0.3) is 0 Å². The normalized spacial score (nSPS) is 9.11. The number of pyridine rings is 1. The van der Waals surface area contributed by atoms with E-state index in [1.807, 2.05) is 0 Å². The molecule has 1 rings (SSSR count). The van der Waals surface area contributed by atoms with Crippen LogP contribution in [0.2, 0.25) is 0 Å². The molecule has 0 N–H and O–H groups in total. The van der Waals surface area contributed by atoms with Crippen LogP contribution in [0, 0.1) is 6.20 Å². The zero-order chi connectivity index (χ0) is 6.69. The SMILES string of the molecule is COc1[c]ncc(Br)c1. The summed E-state index contributed by atoms with van der Waals surface area (Å²) < 4.78 is 5.75. The Kier molecular flexibility index (Phi) is 2.05. The van der Waals surface area contributed by atoms with E-state index in [0.717, 1.165) is 4.47 Å². The Morgan fingerprint density at radius 3 is 3.00 bits per heavy atom. The van der Waals surface area contributed by atoms with Crippen molar-refractivity contribution in [1.29, 1.82) is 0 Å². The predicted octanol–water partition coefficient (Wildman–Crippen LogP) is 1.65. The molecular weight excluding hydrogens is 182 g/mol. The molecule has 0 aromatic carbocycles. The van der Waals surface area contributed by atoms with Crippen LogP contribution in [-0.2, 0) is 0 Å². The van der Waals surface area contributed by atoms with Crippen LogP contribution in [0.4, 0.5) is 0 Å². The van der Waals surface area contributed by atoms with Crippen LogP contribution in [0.15, 0.2) is 16.7 Å². The van der Waals surface area contributed by atoms with E-state index in [-0.39, 0.29) is 0 Å². The summed E-state index contributed by atoms with van der Waals surface area (Å²) in [4.78, 5) is 3.76. The zero-order valence-corrected chi connectivity index (χ0v) is 6.47. The van der Waals surface area contributed by atoms with Gasteiger partial charge in [-0.25, -0.2) is 4.98 Å². The lowest BCUT2D eigenvalue weighted by Gasteiger charge is -1.95. The van der Waals surface area contributed by atoms with Gasteiger partial charge in [0.05, 0.1) is 7.11 Å². The van der Waals surface area contributed by atoms with Crippen molar-refractivity contribution in [3.63, 3.8) is 0 Å². The van der Waals surface area contributed by atoms with Crippen LogP contribution in [0.25, 0.3) is 0 Å². The fourth-order valence-corrected chi connectivity index (χ4v) is 0.767. The van der Waals surface area contributed by atoms with Gasteiger partial charge in [0.2, 0.25) is 0 Å². The first kappa shape index (κ1) is 6.55. The second kappa shape index (κ2) is 2.82. The Morgan fingerprint density at radius 1 is 1.78 bits per heavy atom. The number of nitrogens with zero attached hydrogens (tertiary/aromatic N) is 1. The quantitative estimate of drug-likeness (QED) is 0.666. The van der Waals surface area contributed by atoms with Crippen molar-refractivity contribution in [3.05, 3.63) is 22.9 Å². The highest BCUT2D eigenvalue weighted by atomic mass is 79.9. The summed E-state index contributed by atoms with van der Waals surface area (Å²) >= 11 is 3.24. The third-order valence-electron chi connectivity index (χ3n) is 0.852. The van der Waals surface area contributed by atoms with Gasteiger partial charge in [-0.15, -0.1) is 0 Å². The van der Waals surface area contributed by atoms with Gasteiger partial charge in [-0.1, -0.05) is 0 Å². The van der Waals surface area contributed by atoms with E-state index < -0.39 is 0 Å². The summed E-state index contributed by atoms with van der Waals surface area (Å²) in [5.74, 6) is 0.643. The molecule has 0 spiro atoms. The number of ether oxygens (including phenoxy) is 1. The van der Waals surface area contributed by atoms with Gasteiger partial charge in [-0.3, -0.25) is 0 Å². The van der Waals surface area contributed by atoms with Crippen molar-refractivity contribution in [1.82, 2.24) is 4.98 Å². The fourth-order valence-electron chi connectivity index (χ4n) is 0.457. The number of halogens is 1. The molecule has 2 nitrogen and oxygen atoms in total. The van der Waals surface area contributed by atoms with E-state index in [1.54, 1.807) is 19.4 Å². The minimum Gasteiger partial charge on any atom is -0.494 e. The molecular formula is C6H5BrNO. The summed E-state index contributed by atoms with van der Waals surface area (Å²) in [6.07, 6.45) is 4.31. The van der Waals surface area contributed by atoms with Gasteiger partial charge in [0.15, 0.2) is 0 Å². The maximum Gasteiger partial charge on any atom is 0.148 e.